The molecule has 0 saturated heterocycles. The van der Waals surface area contributed by atoms with Gasteiger partial charge in [-0.2, -0.15) is 0 Å². The molecule has 0 aromatic carbocycles. The average Bonchev–Trinajstić information content (AvgIpc) is 1.91. The Morgan fingerprint density at radius 1 is 1.78 bits per heavy atom. The van der Waals surface area contributed by atoms with Crippen LogP contribution in [-0.2, 0) is 4.79 Å². The first-order chi connectivity index (χ1) is 4.43. The third-order valence-corrected chi connectivity index (χ3v) is 0.902. The molecule has 1 aliphatic rings. The van der Waals surface area contributed by atoms with Gasteiger partial charge in [-0.25, -0.2) is 4.99 Å². The summed E-state index contributed by atoms with van der Waals surface area (Å²) in [7, 11) is 0. The van der Waals surface area contributed by atoms with Gasteiger partial charge in [0.2, 0.25) is 0 Å². The van der Waals surface area contributed by atoms with Crippen molar-refractivity contribution in [2.75, 3.05) is 6.54 Å². The Morgan fingerprint density at radius 2 is 2.67 bits per heavy atom. The van der Waals surface area contributed by atoms with E-state index in [1.165, 1.54) is 6.34 Å². The van der Waals surface area contributed by atoms with Crippen molar-refractivity contribution in [1.82, 2.24) is 10.4 Å². The molecule has 48 valence electrons. The summed E-state index contributed by atoms with van der Waals surface area (Å²) in [6.45, 7) is 0.350. The number of nitrogens with zero attached hydrogens (tertiary/aromatic N) is 2. The van der Waals surface area contributed by atoms with Crippen molar-refractivity contribution in [2.24, 2.45) is 4.99 Å². The largest absolute Gasteiger partial charge is 0.301 e. The predicted octanol–water partition coefficient (Wildman–Crippen LogP) is -0.495. The highest BCUT2D eigenvalue weighted by atomic mass is 16.1. The maximum absolute atomic E-state index is 9.91. The predicted molar refractivity (Wildman–Crippen MR) is 33.5 cm³/mol. The van der Waals surface area contributed by atoms with Crippen LogP contribution in [0.5, 0.6) is 0 Å². The minimum atomic E-state index is 0.350. The number of nitrogens with one attached hydrogen (secondary N) is 1. The Kier molecular flexibility index (Phi) is 1.85. The van der Waals surface area contributed by atoms with Gasteiger partial charge in [0, 0.05) is 12.4 Å². The Morgan fingerprint density at radius 3 is 3.22 bits per heavy atom. The maximum Gasteiger partial charge on any atom is 0.141 e. The standard InChI is InChI=1S/C5H7N3O/c9-4-3-8-2-1-6-5-7-8/h1-2,4-5H,3H2,(H,6,7). The van der Waals surface area contributed by atoms with Crippen LogP contribution in [0.3, 0.4) is 0 Å². The van der Waals surface area contributed by atoms with E-state index in [0.717, 1.165) is 6.29 Å². The van der Waals surface area contributed by atoms with Crippen LogP contribution in [0.25, 0.3) is 0 Å². The molecule has 0 fully saturated rings. The zero-order valence-electron chi connectivity index (χ0n) is 4.82. The van der Waals surface area contributed by atoms with E-state index < -0.39 is 0 Å². The maximum atomic E-state index is 9.91. The topological polar surface area (TPSA) is 44.7 Å². The minimum absolute atomic E-state index is 0.350. The molecule has 1 aliphatic heterocycles. The molecule has 0 aromatic heterocycles. The van der Waals surface area contributed by atoms with Gasteiger partial charge < -0.3 is 4.79 Å². The van der Waals surface area contributed by atoms with Crippen LogP contribution in [0.2, 0.25) is 0 Å². The molecule has 1 rings (SSSR count). The van der Waals surface area contributed by atoms with Crippen LogP contribution in [0.4, 0.5) is 0 Å². The Labute approximate surface area is 52.8 Å². The fraction of sp³-hybridized carbons (Fsp3) is 0.200. The zero-order valence-corrected chi connectivity index (χ0v) is 4.82. The monoisotopic (exact) mass is 125 g/mol. The normalized spacial score (nSPS) is 15.3. The zero-order chi connectivity index (χ0) is 6.53. The highest BCUT2D eigenvalue weighted by molar-refractivity contribution is 5.58. The van der Waals surface area contributed by atoms with Crippen molar-refractivity contribution in [3.8, 4) is 0 Å². The number of aliphatic imine (C=N–C) groups is 1. The van der Waals surface area contributed by atoms with Crippen molar-refractivity contribution in [1.29, 1.82) is 0 Å². The van der Waals surface area contributed by atoms with Gasteiger partial charge >= 0.3 is 0 Å². The molecule has 0 saturated carbocycles. The second-order valence-corrected chi connectivity index (χ2v) is 1.52. The molecule has 0 unspecified atom stereocenters. The first-order valence-electron chi connectivity index (χ1n) is 2.58. The molecule has 0 aliphatic carbocycles. The molecule has 0 spiro atoms. The highest BCUT2D eigenvalue weighted by Gasteiger charge is 1.94. The second-order valence-electron chi connectivity index (χ2n) is 1.52. The third-order valence-electron chi connectivity index (χ3n) is 0.902. The Bertz CT molecular complexity index is 150. The van der Waals surface area contributed by atoms with Crippen LogP contribution >= 0.6 is 0 Å². The number of rotatable bonds is 2. The molecule has 0 atom stereocenters. The summed E-state index contributed by atoms with van der Waals surface area (Å²) >= 11 is 0. The molecule has 0 radical (unpaired) electrons. The van der Waals surface area contributed by atoms with Gasteiger partial charge in [0.25, 0.3) is 0 Å². The van der Waals surface area contributed by atoms with E-state index in [9.17, 15) is 4.79 Å². The van der Waals surface area contributed by atoms with Crippen molar-refractivity contribution in [2.45, 2.75) is 0 Å². The number of hydrogen-bond donors (Lipinski definition) is 1. The molecular weight excluding hydrogens is 118 g/mol. The van der Waals surface area contributed by atoms with Crippen LogP contribution in [-0.4, -0.2) is 24.2 Å². The highest BCUT2D eigenvalue weighted by Crippen LogP contribution is 1.85. The summed E-state index contributed by atoms with van der Waals surface area (Å²) in [6, 6.07) is 0. The third kappa shape index (κ3) is 1.56. The Balaban J connectivity index is 2.36. The quantitative estimate of drug-likeness (QED) is 0.506. The van der Waals surface area contributed by atoms with Crippen LogP contribution in [0, 0.1) is 0 Å². The smallest absolute Gasteiger partial charge is 0.141 e. The lowest BCUT2D eigenvalue weighted by molar-refractivity contribution is -0.108. The first-order valence-corrected chi connectivity index (χ1v) is 2.58. The average molecular weight is 125 g/mol. The molecule has 1 N–H and O–H groups in total. The van der Waals surface area contributed by atoms with Gasteiger partial charge in [0.1, 0.15) is 12.6 Å². The van der Waals surface area contributed by atoms with Gasteiger partial charge in [-0.3, -0.25) is 10.4 Å². The van der Waals surface area contributed by atoms with E-state index in [1.807, 2.05) is 0 Å². The number of carbonyl (C=O) groups excluding carboxylic acids is 1. The summed E-state index contributed by atoms with van der Waals surface area (Å²) in [5.74, 6) is 0. The minimum Gasteiger partial charge on any atom is -0.301 e. The molecular formula is C5H7N3O. The number of aldehydes is 1. The number of carbonyl (C=O) groups is 1. The van der Waals surface area contributed by atoms with E-state index in [4.69, 9.17) is 0 Å². The van der Waals surface area contributed by atoms with Gasteiger partial charge in [-0.05, 0) is 0 Å². The van der Waals surface area contributed by atoms with E-state index in [-0.39, 0.29) is 0 Å². The molecule has 4 heteroatoms. The molecule has 0 bridgehead atoms. The van der Waals surface area contributed by atoms with Gasteiger partial charge in [0.05, 0.1) is 6.54 Å². The van der Waals surface area contributed by atoms with Crippen LogP contribution in [0.1, 0.15) is 0 Å². The summed E-state index contributed by atoms with van der Waals surface area (Å²) in [5, 5.41) is 1.62. The fourth-order valence-electron chi connectivity index (χ4n) is 0.506. The van der Waals surface area contributed by atoms with E-state index >= 15 is 0 Å². The van der Waals surface area contributed by atoms with Crippen molar-refractivity contribution < 1.29 is 4.79 Å². The van der Waals surface area contributed by atoms with Gasteiger partial charge in [0.15, 0.2) is 0 Å². The van der Waals surface area contributed by atoms with E-state index in [2.05, 4.69) is 10.4 Å². The van der Waals surface area contributed by atoms with Gasteiger partial charge in [-0.1, -0.05) is 0 Å². The SMILES string of the molecule is O=CCN1C=CN=CN1. The number of hydrazine groups is 1. The lowest BCUT2D eigenvalue weighted by atomic mass is 10.6. The van der Waals surface area contributed by atoms with Crippen LogP contribution < -0.4 is 5.43 Å². The van der Waals surface area contributed by atoms with Crippen molar-refractivity contribution >= 4 is 12.6 Å². The lowest BCUT2D eigenvalue weighted by Gasteiger charge is -2.17. The van der Waals surface area contributed by atoms with Crippen molar-refractivity contribution in [3.05, 3.63) is 12.4 Å². The molecule has 0 amide bonds. The number of hydrogen-bond acceptors (Lipinski definition) is 4. The first kappa shape index (κ1) is 5.81. The van der Waals surface area contributed by atoms with E-state index in [0.29, 0.717) is 6.54 Å². The Hall–Kier alpha value is -1.32. The fourth-order valence-corrected chi connectivity index (χ4v) is 0.506. The summed E-state index contributed by atoms with van der Waals surface area (Å²) < 4.78 is 0. The van der Waals surface area contributed by atoms with Crippen molar-refractivity contribution in [3.63, 3.8) is 0 Å². The second kappa shape index (κ2) is 2.86. The molecule has 4 nitrogen and oxygen atoms in total. The lowest BCUT2D eigenvalue weighted by Crippen LogP contribution is -2.35. The van der Waals surface area contributed by atoms with Crippen LogP contribution in [0.15, 0.2) is 17.4 Å². The summed E-state index contributed by atoms with van der Waals surface area (Å²) in [4.78, 5) is 13.6. The summed E-state index contributed by atoms with van der Waals surface area (Å²) in [5.41, 5.74) is 2.74. The summed E-state index contributed by atoms with van der Waals surface area (Å²) in [6.07, 6.45) is 5.63. The molecule has 9 heavy (non-hydrogen) atoms. The molecule has 1 heterocycles. The van der Waals surface area contributed by atoms with E-state index in [1.54, 1.807) is 17.4 Å². The molecule has 0 aromatic rings. The van der Waals surface area contributed by atoms with Gasteiger partial charge in [-0.15, -0.1) is 0 Å².